The number of unbranched alkanes of at least 4 members (excludes halogenated alkanes) is 1. The highest BCUT2D eigenvalue weighted by Gasteiger charge is 2.23. The van der Waals surface area contributed by atoms with E-state index in [1.54, 1.807) is 0 Å². The number of carbonyl (C=O) groups is 2. The third-order valence-corrected chi connectivity index (χ3v) is 2.48. The molecule has 16 heavy (non-hydrogen) atoms. The van der Waals surface area contributed by atoms with Crippen molar-refractivity contribution in [2.45, 2.75) is 52.1 Å². The monoisotopic (exact) mass is 229 g/mol. The molecular formula is C11H23N3O2. The van der Waals surface area contributed by atoms with E-state index >= 15 is 0 Å². The van der Waals surface area contributed by atoms with Crippen molar-refractivity contribution in [3.05, 3.63) is 0 Å². The summed E-state index contributed by atoms with van der Waals surface area (Å²) >= 11 is 0. The van der Waals surface area contributed by atoms with E-state index in [1.165, 1.54) is 0 Å². The second-order valence-electron chi connectivity index (χ2n) is 4.38. The van der Waals surface area contributed by atoms with Gasteiger partial charge in [-0.15, -0.1) is 0 Å². The van der Waals surface area contributed by atoms with E-state index in [2.05, 4.69) is 5.32 Å². The molecule has 0 saturated heterocycles. The quantitative estimate of drug-likeness (QED) is 0.578. The summed E-state index contributed by atoms with van der Waals surface area (Å²) in [5, 5.41) is 2.59. The lowest BCUT2D eigenvalue weighted by Gasteiger charge is -2.21. The smallest absolute Gasteiger partial charge is 0.240 e. The summed E-state index contributed by atoms with van der Waals surface area (Å²) in [7, 11) is 0. The van der Waals surface area contributed by atoms with Gasteiger partial charge in [-0.1, -0.05) is 33.6 Å². The van der Waals surface area contributed by atoms with Crippen molar-refractivity contribution in [1.82, 2.24) is 5.32 Å². The molecule has 0 aromatic carbocycles. The maximum Gasteiger partial charge on any atom is 0.240 e. The zero-order valence-corrected chi connectivity index (χ0v) is 10.3. The molecule has 0 rings (SSSR count). The molecule has 0 aliphatic heterocycles. The predicted molar refractivity (Wildman–Crippen MR) is 63.5 cm³/mol. The van der Waals surface area contributed by atoms with E-state index < -0.39 is 18.0 Å². The standard InChI is InChI=1S/C11H23N3O2/c1-4-5-6-8(12)11(16)14-9(7(2)3)10(13)15/h7-9H,4-6,12H2,1-3H3,(H2,13,15)(H,14,16)/t8-,9+/m1/s1. The zero-order chi connectivity index (χ0) is 12.7. The Balaban J connectivity index is 4.24. The molecule has 0 saturated carbocycles. The van der Waals surface area contributed by atoms with Crippen LogP contribution in [0.1, 0.15) is 40.0 Å². The first-order valence-electron chi connectivity index (χ1n) is 5.75. The summed E-state index contributed by atoms with van der Waals surface area (Å²) in [5.74, 6) is -0.850. The van der Waals surface area contributed by atoms with E-state index in [1.807, 2.05) is 20.8 Å². The number of primary amides is 1. The number of hydrogen-bond donors (Lipinski definition) is 3. The molecular weight excluding hydrogens is 206 g/mol. The van der Waals surface area contributed by atoms with Crippen molar-refractivity contribution in [2.75, 3.05) is 0 Å². The Morgan fingerprint density at radius 3 is 2.25 bits per heavy atom. The molecule has 0 aliphatic rings. The predicted octanol–water partition coefficient (Wildman–Crippen LogP) is 0.130. The lowest BCUT2D eigenvalue weighted by molar-refractivity contribution is -0.129. The largest absolute Gasteiger partial charge is 0.368 e. The third-order valence-electron chi connectivity index (χ3n) is 2.48. The maximum absolute atomic E-state index is 11.6. The molecule has 5 nitrogen and oxygen atoms in total. The summed E-state index contributed by atoms with van der Waals surface area (Å²) in [6.07, 6.45) is 2.52. The topological polar surface area (TPSA) is 98.2 Å². The molecule has 5 N–H and O–H groups in total. The molecule has 0 fully saturated rings. The third kappa shape index (κ3) is 5.11. The molecule has 0 aliphatic carbocycles. The van der Waals surface area contributed by atoms with Crippen LogP contribution in [0.3, 0.4) is 0 Å². The molecule has 0 spiro atoms. The van der Waals surface area contributed by atoms with Gasteiger partial charge in [-0.25, -0.2) is 0 Å². The van der Waals surface area contributed by atoms with Gasteiger partial charge in [-0.2, -0.15) is 0 Å². The molecule has 0 radical (unpaired) electrons. The van der Waals surface area contributed by atoms with Gasteiger partial charge in [0.15, 0.2) is 0 Å². The number of rotatable bonds is 7. The molecule has 0 aromatic rings. The van der Waals surface area contributed by atoms with Gasteiger partial charge in [0, 0.05) is 0 Å². The SMILES string of the molecule is CCCC[C@@H](N)C(=O)N[C@H](C(N)=O)C(C)C. The van der Waals surface area contributed by atoms with Crippen LogP contribution in [0.15, 0.2) is 0 Å². The van der Waals surface area contributed by atoms with Crippen LogP contribution in [0.25, 0.3) is 0 Å². The molecule has 2 atom stereocenters. The molecule has 0 heterocycles. The second-order valence-corrected chi connectivity index (χ2v) is 4.38. The Kier molecular flexibility index (Phi) is 6.72. The van der Waals surface area contributed by atoms with E-state index in [0.717, 1.165) is 12.8 Å². The fourth-order valence-electron chi connectivity index (χ4n) is 1.38. The average Bonchev–Trinajstić information content (AvgIpc) is 2.20. The maximum atomic E-state index is 11.6. The van der Waals surface area contributed by atoms with Gasteiger partial charge >= 0.3 is 0 Å². The normalized spacial score (nSPS) is 14.6. The highest BCUT2D eigenvalue weighted by molar-refractivity contribution is 5.89. The lowest BCUT2D eigenvalue weighted by atomic mass is 10.0. The number of amides is 2. The van der Waals surface area contributed by atoms with Gasteiger partial charge in [0.2, 0.25) is 11.8 Å². The van der Waals surface area contributed by atoms with Crippen LogP contribution in [0.4, 0.5) is 0 Å². The van der Waals surface area contributed by atoms with Crippen molar-refractivity contribution in [2.24, 2.45) is 17.4 Å². The van der Waals surface area contributed by atoms with Gasteiger partial charge in [-0.05, 0) is 12.3 Å². The van der Waals surface area contributed by atoms with Crippen LogP contribution < -0.4 is 16.8 Å². The fraction of sp³-hybridized carbons (Fsp3) is 0.818. The van der Waals surface area contributed by atoms with E-state index in [-0.39, 0.29) is 11.8 Å². The molecule has 0 aromatic heterocycles. The summed E-state index contributed by atoms with van der Waals surface area (Å²) in [6, 6.07) is -1.19. The first kappa shape index (κ1) is 14.9. The van der Waals surface area contributed by atoms with Gasteiger partial charge in [0.05, 0.1) is 6.04 Å². The highest BCUT2D eigenvalue weighted by atomic mass is 16.2. The molecule has 0 unspecified atom stereocenters. The Hall–Kier alpha value is -1.10. The van der Waals surface area contributed by atoms with E-state index in [4.69, 9.17) is 11.5 Å². The van der Waals surface area contributed by atoms with Crippen molar-refractivity contribution in [3.63, 3.8) is 0 Å². The Morgan fingerprint density at radius 2 is 1.88 bits per heavy atom. The van der Waals surface area contributed by atoms with Gasteiger partial charge in [0.1, 0.15) is 6.04 Å². The Labute approximate surface area is 96.9 Å². The number of hydrogen-bond acceptors (Lipinski definition) is 3. The number of nitrogens with two attached hydrogens (primary N) is 2. The highest BCUT2D eigenvalue weighted by Crippen LogP contribution is 2.03. The van der Waals surface area contributed by atoms with Crippen molar-refractivity contribution in [1.29, 1.82) is 0 Å². The van der Waals surface area contributed by atoms with Gasteiger partial charge in [-0.3, -0.25) is 9.59 Å². The molecule has 0 bridgehead atoms. The minimum Gasteiger partial charge on any atom is -0.368 e. The van der Waals surface area contributed by atoms with Crippen LogP contribution >= 0.6 is 0 Å². The van der Waals surface area contributed by atoms with Crippen LogP contribution in [0, 0.1) is 5.92 Å². The van der Waals surface area contributed by atoms with Crippen molar-refractivity contribution < 1.29 is 9.59 Å². The summed E-state index contributed by atoms with van der Waals surface area (Å²) in [4.78, 5) is 22.7. The first-order valence-corrected chi connectivity index (χ1v) is 5.75. The summed E-state index contributed by atoms with van der Waals surface area (Å²) < 4.78 is 0. The Bertz CT molecular complexity index is 241. The fourth-order valence-corrected chi connectivity index (χ4v) is 1.38. The van der Waals surface area contributed by atoms with Crippen LogP contribution in [-0.2, 0) is 9.59 Å². The Morgan fingerprint density at radius 1 is 1.31 bits per heavy atom. The van der Waals surface area contributed by atoms with Crippen LogP contribution in [-0.4, -0.2) is 23.9 Å². The van der Waals surface area contributed by atoms with Gasteiger partial charge < -0.3 is 16.8 Å². The van der Waals surface area contributed by atoms with Crippen molar-refractivity contribution in [3.8, 4) is 0 Å². The minimum absolute atomic E-state index is 0.0279. The van der Waals surface area contributed by atoms with E-state index in [9.17, 15) is 9.59 Å². The molecule has 94 valence electrons. The number of carbonyl (C=O) groups excluding carboxylic acids is 2. The van der Waals surface area contributed by atoms with Gasteiger partial charge in [0.25, 0.3) is 0 Å². The minimum atomic E-state index is -0.639. The molecule has 2 amide bonds. The van der Waals surface area contributed by atoms with Crippen LogP contribution in [0.2, 0.25) is 0 Å². The van der Waals surface area contributed by atoms with Crippen molar-refractivity contribution >= 4 is 11.8 Å². The summed E-state index contributed by atoms with van der Waals surface area (Å²) in [6.45, 7) is 5.69. The number of nitrogens with one attached hydrogen (secondary N) is 1. The first-order chi connectivity index (χ1) is 7.40. The lowest BCUT2D eigenvalue weighted by Crippen LogP contribution is -2.52. The average molecular weight is 229 g/mol. The summed E-state index contributed by atoms with van der Waals surface area (Å²) in [5.41, 5.74) is 10.9. The van der Waals surface area contributed by atoms with E-state index in [0.29, 0.717) is 6.42 Å². The van der Waals surface area contributed by atoms with Crippen LogP contribution in [0.5, 0.6) is 0 Å². The molecule has 5 heteroatoms. The second kappa shape index (κ2) is 7.22. The zero-order valence-electron chi connectivity index (χ0n) is 10.3.